The minimum absolute atomic E-state index is 0.00653. The van der Waals surface area contributed by atoms with Crippen LogP contribution in [0, 0.1) is 0 Å². The monoisotopic (exact) mass is 422 g/mol. The van der Waals surface area contributed by atoms with Gasteiger partial charge in [-0.2, -0.15) is 0 Å². The van der Waals surface area contributed by atoms with Crippen LogP contribution in [0.3, 0.4) is 0 Å². The number of amides is 2. The van der Waals surface area contributed by atoms with E-state index in [1.54, 1.807) is 6.92 Å². The molecule has 0 heterocycles. The molecule has 1 aliphatic rings. The molecule has 2 amide bonds. The quantitative estimate of drug-likeness (QED) is 0.504. The van der Waals surface area contributed by atoms with Gasteiger partial charge in [0, 0.05) is 12.8 Å². The summed E-state index contributed by atoms with van der Waals surface area (Å²) in [7, 11) is 0. The Morgan fingerprint density at radius 3 is 2.13 bits per heavy atom. The summed E-state index contributed by atoms with van der Waals surface area (Å²) in [5.41, 5.74) is 4.48. The van der Waals surface area contributed by atoms with Crippen LogP contribution >= 0.6 is 0 Å². The summed E-state index contributed by atoms with van der Waals surface area (Å²) >= 11 is 0. The maximum Gasteiger partial charge on any atom is 0.407 e. The van der Waals surface area contributed by atoms with E-state index in [1.807, 2.05) is 36.4 Å². The van der Waals surface area contributed by atoms with Gasteiger partial charge >= 0.3 is 12.1 Å². The number of carbonyl (C=O) groups excluding carboxylic acids is 3. The van der Waals surface area contributed by atoms with Crippen LogP contribution in [0.2, 0.25) is 0 Å². The van der Waals surface area contributed by atoms with Crippen LogP contribution in [0.25, 0.3) is 11.1 Å². The minimum atomic E-state index is -1.04. The zero-order valence-electron chi connectivity index (χ0n) is 17.6. The highest BCUT2D eigenvalue weighted by molar-refractivity contribution is 5.84. The Morgan fingerprint density at radius 1 is 1.00 bits per heavy atom. The van der Waals surface area contributed by atoms with Crippen molar-refractivity contribution in [2.75, 3.05) is 13.2 Å². The molecule has 2 aromatic carbocycles. The summed E-state index contributed by atoms with van der Waals surface area (Å²) in [5.74, 6) is -1.15. The van der Waals surface area contributed by atoms with Crippen LogP contribution in [0.1, 0.15) is 30.9 Å². The first-order chi connectivity index (χ1) is 14.9. The molecule has 0 saturated heterocycles. The normalized spacial score (nSPS) is 13.9. The van der Waals surface area contributed by atoms with Gasteiger partial charge in [0.15, 0.2) is 0 Å². The van der Waals surface area contributed by atoms with E-state index in [4.69, 9.17) is 9.47 Å². The van der Waals surface area contributed by atoms with E-state index in [9.17, 15) is 14.4 Å². The number of carbonyl (C=O) groups is 3. The van der Waals surface area contributed by atoms with E-state index < -0.39 is 30.1 Å². The Kier molecular flexibility index (Phi) is 7.07. The Bertz CT molecular complexity index is 942. The molecule has 0 saturated carbocycles. The lowest BCUT2D eigenvalue weighted by molar-refractivity contribution is -0.147. The number of benzene rings is 2. The first kappa shape index (κ1) is 22.1. The van der Waals surface area contributed by atoms with Crippen molar-refractivity contribution in [2.24, 2.45) is 0 Å². The van der Waals surface area contributed by atoms with E-state index >= 15 is 0 Å². The highest BCUT2D eigenvalue weighted by Crippen LogP contribution is 2.44. The van der Waals surface area contributed by atoms with E-state index in [0.717, 1.165) is 22.3 Å². The van der Waals surface area contributed by atoms with E-state index in [0.29, 0.717) is 0 Å². The molecule has 7 nitrogen and oxygen atoms in total. The number of nitrogens with one attached hydrogen (secondary N) is 2. The Morgan fingerprint density at radius 2 is 1.58 bits per heavy atom. The van der Waals surface area contributed by atoms with Crippen LogP contribution in [0.4, 0.5) is 4.79 Å². The van der Waals surface area contributed by atoms with Gasteiger partial charge in [0.25, 0.3) is 0 Å². The second-order valence-corrected chi connectivity index (χ2v) is 7.36. The molecule has 0 radical (unpaired) electrons. The Hall–Kier alpha value is -3.61. The molecule has 0 aromatic heterocycles. The number of hydrogen-bond donors (Lipinski definition) is 2. The molecule has 0 fully saturated rings. The van der Waals surface area contributed by atoms with Gasteiger partial charge in [-0.15, -0.1) is 0 Å². The number of hydrogen-bond acceptors (Lipinski definition) is 5. The first-order valence-electron chi connectivity index (χ1n) is 10.1. The maximum atomic E-state index is 12.4. The van der Waals surface area contributed by atoms with E-state index in [1.165, 1.54) is 13.0 Å². The topological polar surface area (TPSA) is 93.7 Å². The van der Waals surface area contributed by atoms with E-state index in [2.05, 4.69) is 29.3 Å². The highest BCUT2D eigenvalue weighted by atomic mass is 16.5. The molecular formula is C24H26N2O5. The predicted octanol–water partition coefficient (Wildman–Crippen LogP) is 3.15. The van der Waals surface area contributed by atoms with Crippen LogP contribution in [-0.2, 0) is 19.1 Å². The van der Waals surface area contributed by atoms with Crippen LogP contribution in [-0.4, -0.2) is 43.3 Å². The summed E-state index contributed by atoms with van der Waals surface area (Å²) in [6.07, 6.45) is 0.744. The highest BCUT2D eigenvalue weighted by Gasteiger charge is 2.31. The van der Waals surface area contributed by atoms with Gasteiger partial charge < -0.3 is 20.1 Å². The standard InChI is InChI=1S/C24H26N2O5/c1-4-13-30-23(28)22(26-16(3)27)15(2)25-24(29)31-14-21-19-11-7-5-9-17(19)18-10-6-8-12-20(18)21/h4-12,15,21-22H,1,13-14H2,2-3H3,(H,25,29)(H,26,27)/t15-,22+/m1/s1. The van der Waals surface area contributed by atoms with Gasteiger partial charge in [0.05, 0.1) is 6.04 Å². The van der Waals surface area contributed by atoms with Crippen molar-refractivity contribution in [1.29, 1.82) is 0 Å². The lowest BCUT2D eigenvalue weighted by Crippen LogP contribution is -2.54. The lowest BCUT2D eigenvalue weighted by atomic mass is 9.98. The van der Waals surface area contributed by atoms with Crippen LogP contribution in [0.15, 0.2) is 61.2 Å². The number of rotatable bonds is 8. The zero-order valence-corrected chi connectivity index (χ0v) is 17.6. The SMILES string of the molecule is C=CCOC(=O)[C@@H](NC(C)=O)[C@@H](C)NC(=O)OCC1c2ccccc2-c2ccccc21. The lowest BCUT2D eigenvalue weighted by Gasteiger charge is -2.24. The van der Waals surface area contributed by atoms with Crippen molar-refractivity contribution in [1.82, 2.24) is 10.6 Å². The fraction of sp³-hybridized carbons (Fsp3) is 0.292. The molecule has 0 spiro atoms. The molecule has 0 bridgehead atoms. The third-order valence-electron chi connectivity index (χ3n) is 5.15. The number of ether oxygens (including phenoxy) is 2. The molecular weight excluding hydrogens is 396 g/mol. The fourth-order valence-electron chi connectivity index (χ4n) is 3.75. The summed E-state index contributed by atoms with van der Waals surface area (Å²) in [6.45, 7) is 6.52. The Balaban J connectivity index is 1.64. The molecule has 1 aliphatic carbocycles. The van der Waals surface area contributed by atoms with Crippen molar-refractivity contribution in [2.45, 2.75) is 31.8 Å². The van der Waals surface area contributed by atoms with Gasteiger partial charge in [-0.1, -0.05) is 61.2 Å². The average molecular weight is 422 g/mol. The van der Waals surface area contributed by atoms with Crippen molar-refractivity contribution in [3.05, 3.63) is 72.3 Å². The molecule has 0 unspecified atom stereocenters. The van der Waals surface area contributed by atoms with Gasteiger partial charge in [-0.05, 0) is 29.2 Å². The van der Waals surface area contributed by atoms with Gasteiger partial charge in [0.2, 0.25) is 5.91 Å². The summed E-state index contributed by atoms with van der Waals surface area (Å²) in [5, 5.41) is 5.11. The van der Waals surface area contributed by atoms with Crippen molar-refractivity contribution in [3.63, 3.8) is 0 Å². The van der Waals surface area contributed by atoms with E-state index in [-0.39, 0.29) is 19.1 Å². The smallest absolute Gasteiger partial charge is 0.407 e. The van der Waals surface area contributed by atoms with Crippen LogP contribution < -0.4 is 10.6 Å². The Labute approximate surface area is 181 Å². The number of fused-ring (bicyclic) bond motifs is 3. The maximum absolute atomic E-state index is 12.4. The molecule has 7 heteroatoms. The summed E-state index contributed by atoms with van der Waals surface area (Å²) in [4.78, 5) is 36.1. The van der Waals surface area contributed by atoms with Gasteiger partial charge in [-0.25, -0.2) is 9.59 Å². The molecule has 2 aromatic rings. The zero-order chi connectivity index (χ0) is 22.4. The van der Waals surface area contributed by atoms with Gasteiger partial charge in [-0.3, -0.25) is 4.79 Å². The second kappa shape index (κ2) is 9.93. The van der Waals surface area contributed by atoms with Crippen LogP contribution in [0.5, 0.6) is 0 Å². The molecule has 2 atom stereocenters. The summed E-state index contributed by atoms with van der Waals surface area (Å²) in [6, 6.07) is 14.3. The molecule has 31 heavy (non-hydrogen) atoms. The molecule has 2 N–H and O–H groups in total. The minimum Gasteiger partial charge on any atom is -0.460 e. The first-order valence-corrected chi connectivity index (χ1v) is 10.1. The average Bonchev–Trinajstić information content (AvgIpc) is 3.08. The molecule has 162 valence electrons. The third-order valence-corrected chi connectivity index (χ3v) is 5.15. The molecule has 3 rings (SSSR count). The predicted molar refractivity (Wildman–Crippen MR) is 116 cm³/mol. The largest absolute Gasteiger partial charge is 0.460 e. The number of esters is 1. The van der Waals surface area contributed by atoms with Crippen molar-refractivity contribution in [3.8, 4) is 11.1 Å². The third kappa shape index (κ3) is 5.12. The second-order valence-electron chi connectivity index (χ2n) is 7.36. The van der Waals surface area contributed by atoms with Gasteiger partial charge in [0.1, 0.15) is 19.3 Å². The van der Waals surface area contributed by atoms with Crippen molar-refractivity contribution < 1.29 is 23.9 Å². The fourth-order valence-corrected chi connectivity index (χ4v) is 3.75. The summed E-state index contributed by atoms with van der Waals surface area (Å²) < 4.78 is 10.5. The molecule has 0 aliphatic heterocycles. The van der Waals surface area contributed by atoms with Crippen molar-refractivity contribution >= 4 is 18.0 Å². The number of alkyl carbamates (subject to hydrolysis) is 1.